The van der Waals surface area contributed by atoms with Crippen molar-refractivity contribution in [2.75, 3.05) is 6.26 Å². The van der Waals surface area contributed by atoms with E-state index < -0.39 is 37.2 Å². The van der Waals surface area contributed by atoms with Gasteiger partial charge in [0, 0.05) is 6.26 Å². The summed E-state index contributed by atoms with van der Waals surface area (Å²) in [4.78, 5) is 11.1. The number of hydrogen-bond acceptors (Lipinski definition) is 5. The van der Waals surface area contributed by atoms with Crippen LogP contribution in [0, 0.1) is 5.41 Å². The van der Waals surface area contributed by atoms with Crippen molar-refractivity contribution in [3.63, 3.8) is 0 Å². The van der Waals surface area contributed by atoms with Gasteiger partial charge in [-0.1, -0.05) is 6.07 Å². The van der Waals surface area contributed by atoms with Gasteiger partial charge in [0.1, 0.15) is 4.90 Å². The molecule has 1 aromatic carbocycles. The molecule has 0 radical (unpaired) electrons. The van der Waals surface area contributed by atoms with E-state index in [1.54, 1.807) is 20.8 Å². The molecular weight excluding hydrogens is 304 g/mol. The van der Waals surface area contributed by atoms with E-state index in [1.165, 1.54) is 18.2 Å². The first kappa shape index (κ1) is 16.8. The highest BCUT2D eigenvalue weighted by Gasteiger charge is 2.28. The quantitative estimate of drug-likeness (QED) is 0.516. The van der Waals surface area contributed by atoms with E-state index >= 15 is 0 Å². The molecule has 0 heterocycles. The summed E-state index contributed by atoms with van der Waals surface area (Å²) < 4.78 is 49.0. The Hall–Kier alpha value is -1.25. The van der Waals surface area contributed by atoms with Crippen molar-refractivity contribution in [3.05, 3.63) is 18.2 Å². The van der Waals surface area contributed by atoms with Crippen molar-refractivity contribution in [3.8, 4) is 5.75 Å². The molecule has 20 heavy (non-hydrogen) atoms. The zero-order valence-electron chi connectivity index (χ0n) is 11.5. The SMILES string of the molecule is CC(C)(C)C(=O)Oc1cccc(S(=O)O)c1S(C)(=O)=O. The summed E-state index contributed by atoms with van der Waals surface area (Å²) in [5.41, 5.74) is -0.830. The van der Waals surface area contributed by atoms with E-state index in [-0.39, 0.29) is 10.6 Å². The number of carbonyl (C=O) groups is 1. The largest absolute Gasteiger partial charge is 0.425 e. The Kier molecular flexibility index (Phi) is 4.73. The number of esters is 1. The summed E-state index contributed by atoms with van der Waals surface area (Å²) in [6.07, 6.45) is 0.882. The van der Waals surface area contributed by atoms with Gasteiger partial charge in [-0.15, -0.1) is 0 Å². The highest BCUT2D eigenvalue weighted by Crippen LogP contribution is 2.31. The van der Waals surface area contributed by atoms with Crippen LogP contribution >= 0.6 is 0 Å². The third-order valence-electron chi connectivity index (χ3n) is 2.32. The lowest BCUT2D eigenvalue weighted by atomic mass is 9.97. The van der Waals surface area contributed by atoms with E-state index in [9.17, 15) is 17.4 Å². The van der Waals surface area contributed by atoms with Crippen LogP contribution in [0.3, 0.4) is 0 Å². The number of hydrogen-bond donors (Lipinski definition) is 1. The van der Waals surface area contributed by atoms with Crippen molar-refractivity contribution in [2.45, 2.75) is 30.6 Å². The first-order valence-electron chi connectivity index (χ1n) is 5.61. The molecule has 1 aromatic rings. The molecule has 0 saturated carbocycles. The zero-order valence-corrected chi connectivity index (χ0v) is 13.2. The second kappa shape index (κ2) is 5.63. The molecule has 8 heteroatoms. The number of sulfone groups is 1. The monoisotopic (exact) mass is 320 g/mol. The summed E-state index contributed by atoms with van der Waals surface area (Å²) in [5, 5.41) is 0. The molecule has 0 aromatic heterocycles. The van der Waals surface area contributed by atoms with Crippen molar-refractivity contribution in [1.29, 1.82) is 0 Å². The predicted molar refractivity (Wildman–Crippen MR) is 73.7 cm³/mol. The van der Waals surface area contributed by atoms with E-state index in [1.807, 2.05) is 0 Å². The van der Waals surface area contributed by atoms with Crippen LogP contribution in [0.25, 0.3) is 0 Å². The van der Waals surface area contributed by atoms with Crippen LogP contribution in [0.4, 0.5) is 0 Å². The molecule has 1 N–H and O–H groups in total. The summed E-state index contributed by atoms with van der Waals surface area (Å²) in [6.45, 7) is 4.84. The molecule has 0 aliphatic rings. The fourth-order valence-electron chi connectivity index (χ4n) is 1.33. The first-order valence-corrected chi connectivity index (χ1v) is 8.60. The number of benzene rings is 1. The first-order chi connectivity index (χ1) is 8.94. The molecule has 0 aliphatic heterocycles. The fourth-order valence-corrected chi connectivity index (χ4v) is 3.36. The maximum atomic E-state index is 11.8. The second-order valence-electron chi connectivity index (χ2n) is 5.24. The normalized spacial score (nSPS) is 13.8. The third kappa shape index (κ3) is 3.87. The van der Waals surface area contributed by atoms with Crippen molar-refractivity contribution >= 4 is 26.9 Å². The van der Waals surface area contributed by atoms with Gasteiger partial charge in [0.15, 0.2) is 26.7 Å². The number of carbonyl (C=O) groups excluding carboxylic acids is 1. The minimum absolute atomic E-state index is 0.243. The summed E-state index contributed by atoms with van der Waals surface area (Å²) in [7, 11) is -3.83. The van der Waals surface area contributed by atoms with Crippen LogP contribution in [-0.2, 0) is 25.7 Å². The molecule has 0 bridgehead atoms. The van der Waals surface area contributed by atoms with E-state index in [0.717, 1.165) is 6.26 Å². The Labute approximate surface area is 120 Å². The van der Waals surface area contributed by atoms with E-state index in [2.05, 4.69) is 0 Å². The van der Waals surface area contributed by atoms with Crippen LogP contribution < -0.4 is 4.74 Å². The minimum Gasteiger partial charge on any atom is -0.425 e. The molecule has 0 aliphatic carbocycles. The molecule has 0 amide bonds. The second-order valence-corrected chi connectivity index (χ2v) is 8.13. The van der Waals surface area contributed by atoms with Crippen LogP contribution in [-0.4, -0.2) is 29.4 Å². The Morgan fingerprint density at radius 3 is 2.25 bits per heavy atom. The third-order valence-corrected chi connectivity index (χ3v) is 4.33. The van der Waals surface area contributed by atoms with Crippen molar-refractivity contribution in [1.82, 2.24) is 0 Å². The predicted octanol–water partition coefficient (Wildman–Crippen LogP) is 1.62. The van der Waals surface area contributed by atoms with Gasteiger partial charge in [0.2, 0.25) is 0 Å². The van der Waals surface area contributed by atoms with Gasteiger partial charge in [-0.05, 0) is 32.9 Å². The van der Waals surface area contributed by atoms with Gasteiger partial charge in [-0.25, -0.2) is 12.6 Å². The van der Waals surface area contributed by atoms with Gasteiger partial charge < -0.3 is 9.29 Å². The smallest absolute Gasteiger partial charge is 0.316 e. The van der Waals surface area contributed by atoms with Gasteiger partial charge >= 0.3 is 5.97 Å². The van der Waals surface area contributed by atoms with E-state index in [0.29, 0.717) is 0 Å². The maximum absolute atomic E-state index is 11.8. The molecule has 1 atom stereocenters. The van der Waals surface area contributed by atoms with Gasteiger partial charge in [0.05, 0.1) is 10.3 Å². The lowest BCUT2D eigenvalue weighted by Gasteiger charge is -2.18. The molecule has 112 valence electrons. The Morgan fingerprint density at radius 1 is 1.30 bits per heavy atom. The molecule has 0 fully saturated rings. The highest BCUT2D eigenvalue weighted by atomic mass is 32.2. The molecule has 0 spiro atoms. The molecular formula is C12H16O6S2. The van der Waals surface area contributed by atoms with Gasteiger partial charge in [-0.3, -0.25) is 4.79 Å². The van der Waals surface area contributed by atoms with Gasteiger partial charge in [-0.2, -0.15) is 0 Å². The summed E-state index contributed by atoms with van der Waals surface area (Å²) >= 11 is -2.50. The van der Waals surface area contributed by atoms with Crippen LogP contribution in [0.5, 0.6) is 5.75 Å². The maximum Gasteiger partial charge on any atom is 0.316 e. The molecule has 0 saturated heterocycles. The standard InChI is InChI=1S/C12H16O6S2/c1-12(2,3)11(13)18-8-6-5-7-9(19(14)15)10(8)20(4,16)17/h5-7H,1-4H3,(H,14,15). The lowest BCUT2D eigenvalue weighted by molar-refractivity contribution is -0.143. The van der Waals surface area contributed by atoms with Crippen LogP contribution in [0.15, 0.2) is 28.0 Å². The zero-order chi connectivity index (χ0) is 15.7. The topological polar surface area (TPSA) is 97.7 Å². The molecule has 1 rings (SSSR count). The molecule has 6 nitrogen and oxygen atoms in total. The lowest BCUT2D eigenvalue weighted by Crippen LogP contribution is -2.26. The fraction of sp³-hybridized carbons (Fsp3) is 0.417. The molecule has 1 unspecified atom stereocenters. The van der Waals surface area contributed by atoms with Crippen LogP contribution in [0.1, 0.15) is 20.8 Å². The van der Waals surface area contributed by atoms with Crippen LogP contribution in [0.2, 0.25) is 0 Å². The Morgan fingerprint density at radius 2 is 1.85 bits per heavy atom. The number of ether oxygens (including phenoxy) is 1. The van der Waals surface area contributed by atoms with E-state index in [4.69, 9.17) is 9.29 Å². The Bertz CT molecular complexity index is 655. The van der Waals surface area contributed by atoms with Crippen molar-refractivity contribution in [2.24, 2.45) is 5.41 Å². The van der Waals surface area contributed by atoms with Crippen molar-refractivity contribution < 1.29 is 26.7 Å². The highest BCUT2D eigenvalue weighted by molar-refractivity contribution is 7.91. The van der Waals surface area contributed by atoms with Gasteiger partial charge in [0.25, 0.3) is 0 Å². The number of rotatable bonds is 3. The summed E-state index contributed by atoms with van der Waals surface area (Å²) in [5.74, 6) is -0.879. The Balaban J connectivity index is 3.46. The average Bonchev–Trinajstić information content (AvgIpc) is 2.25. The minimum atomic E-state index is -3.83. The summed E-state index contributed by atoms with van der Waals surface area (Å²) in [6, 6.07) is 3.82. The average molecular weight is 320 g/mol.